The summed E-state index contributed by atoms with van der Waals surface area (Å²) < 4.78 is 21.0. The molecular weight excluding hydrogens is 508 g/mol. The van der Waals surface area contributed by atoms with Gasteiger partial charge in [-0.2, -0.15) is 0 Å². The number of aryl methyl sites for hydroxylation is 1. The second-order valence-electron chi connectivity index (χ2n) is 7.58. The average Bonchev–Trinajstić information content (AvgIpc) is 2.98. The topological polar surface area (TPSA) is 58.2 Å². The van der Waals surface area contributed by atoms with Crippen molar-refractivity contribution in [1.82, 2.24) is 14.9 Å². The van der Waals surface area contributed by atoms with Crippen LogP contribution in [-0.2, 0) is 6.54 Å². The quantitative estimate of drug-likeness (QED) is 0.360. The van der Waals surface area contributed by atoms with Gasteiger partial charge in [0, 0.05) is 15.7 Å². The summed E-state index contributed by atoms with van der Waals surface area (Å²) in [6.45, 7) is 3.05. The third-order valence-electron chi connectivity index (χ3n) is 5.42. The van der Waals surface area contributed by atoms with Crippen LogP contribution in [0.15, 0.2) is 54.6 Å². The number of nitrogens with zero attached hydrogens (tertiary/aromatic N) is 2. The first-order valence-electron chi connectivity index (χ1n) is 9.95. The number of fused-ring (bicyclic) bond motifs is 2. The number of aromatic amines is 1. The predicted molar refractivity (Wildman–Crippen MR) is 126 cm³/mol. The van der Waals surface area contributed by atoms with Crippen molar-refractivity contribution >= 4 is 39.5 Å². The summed E-state index contributed by atoms with van der Waals surface area (Å²) in [5.74, 6) is 0.796. The molecule has 0 saturated carbocycles. The number of ether oxygens (including phenoxy) is 1. The molecule has 4 aromatic rings. The molecule has 0 bridgehead atoms. The van der Waals surface area contributed by atoms with Gasteiger partial charge in [0.25, 0.3) is 5.91 Å². The number of nitrogens with one attached hydrogen (secondary N) is 1. The third kappa shape index (κ3) is 3.89. The van der Waals surface area contributed by atoms with Gasteiger partial charge in [0.05, 0.1) is 23.1 Å². The van der Waals surface area contributed by atoms with Gasteiger partial charge in [-0.05, 0) is 83.1 Å². The van der Waals surface area contributed by atoms with Gasteiger partial charge in [0.1, 0.15) is 24.0 Å². The van der Waals surface area contributed by atoms with Crippen LogP contribution in [0.2, 0.25) is 0 Å². The van der Waals surface area contributed by atoms with E-state index in [0.717, 1.165) is 42.9 Å². The first-order chi connectivity index (χ1) is 15.0. The van der Waals surface area contributed by atoms with E-state index in [9.17, 15) is 9.18 Å². The SMILES string of the molecule is Cc1nc2ccc(-c3ccc4c(c3)CN(C(=O)c3ccc(I)cc3F)CCO4)cc2[nH]1. The van der Waals surface area contributed by atoms with Crippen molar-refractivity contribution in [3.05, 3.63) is 80.9 Å². The molecule has 0 saturated heterocycles. The maximum atomic E-state index is 14.4. The Bertz CT molecular complexity index is 1320. The van der Waals surface area contributed by atoms with Crippen molar-refractivity contribution in [3.63, 3.8) is 0 Å². The van der Waals surface area contributed by atoms with Crippen LogP contribution in [0, 0.1) is 16.3 Å². The second kappa shape index (κ2) is 7.96. The number of hydrogen-bond acceptors (Lipinski definition) is 3. The number of amides is 1. The van der Waals surface area contributed by atoms with Gasteiger partial charge in [-0.25, -0.2) is 9.37 Å². The van der Waals surface area contributed by atoms with E-state index in [2.05, 4.69) is 16.0 Å². The number of carbonyl (C=O) groups excluding carboxylic acids is 1. The minimum Gasteiger partial charge on any atom is -0.491 e. The zero-order valence-corrected chi connectivity index (χ0v) is 18.9. The van der Waals surface area contributed by atoms with Crippen molar-refractivity contribution in [2.24, 2.45) is 0 Å². The highest BCUT2D eigenvalue weighted by atomic mass is 127. The van der Waals surface area contributed by atoms with E-state index in [1.54, 1.807) is 17.0 Å². The monoisotopic (exact) mass is 527 g/mol. The zero-order chi connectivity index (χ0) is 21.5. The molecule has 1 amide bonds. The van der Waals surface area contributed by atoms with E-state index in [1.807, 2.05) is 59.8 Å². The van der Waals surface area contributed by atoms with Crippen LogP contribution >= 0.6 is 22.6 Å². The lowest BCUT2D eigenvalue weighted by molar-refractivity contribution is 0.0728. The number of imidazole rings is 1. The average molecular weight is 527 g/mol. The molecule has 156 valence electrons. The summed E-state index contributed by atoms with van der Waals surface area (Å²) >= 11 is 2.03. The highest BCUT2D eigenvalue weighted by Crippen LogP contribution is 2.31. The first-order valence-corrected chi connectivity index (χ1v) is 11.0. The smallest absolute Gasteiger partial charge is 0.257 e. The van der Waals surface area contributed by atoms with Crippen LogP contribution < -0.4 is 4.74 Å². The Balaban J connectivity index is 1.47. The lowest BCUT2D eigenvalue weighted by atomic mass is 10.0. The first kappa shape index (κ1) is 20.0. The van der Waals surface area contributed by atoms with Gasteiger partial charge in [0.2, 0.25) is 0 Å². The lowest BCUT2D eigenvalue weighted by Crippen LogP contribution is -2.33. The normalized spacial score (nSPS) is 13.6. The molecule has 0 unspecified atom stereocenters. The molecule has 1 aromatic heterocycles. The van der Waals surface area contributed by atoms with Crippen LogP contribution in [0.4, 0.5) is 4.39 Å². The molecular formula is C24H19FIN3O2. The van der Waals surface area contributed by atoms with Crippen molar-refractivity contribution < 1.29 is 13.9 Å². The Morgan fingerprint density at radius 1 is 1.13 bits per heavy atom. The molecule has 1 aliphatic heterocycles. The van der Waals surface area contributed by atoms with Gasteiger partial charge in [-0.3, -0.25) is 4.79 Å². The van der Waals surface area contributed by atoms with E-state index >= 15 is 0 Å². The van der Waals surface area contributed by atoms with Gasteiger partial charge in [-0.1, -0.05) is 12.1 Å². The molecule has 7 heteroatoms. The van der Waals surface area contributed by atoms with Gasteiger partial charge in [0.15, 0.2) is 0 Å². The molecule has 2 heterocycles. The van der Waals surface area contributed by atoms with E-state index in [4.69, 9.17) is 4.74 Å². The Labute approximate surface area is 192 Å². The Hall–Kier alpha value is -2.94. The van der Waals surface area contributed by atoms with Crippen LogP contribution in [0.3, 0.4) is 0 Å². The summed E-state index contributed by atoms with van der Waals surface area (Å²) in [6, 6.07) is 16.7. The maximum absolute atomic E-state index is 14.4. The number of hydrogen-bond donors (Lipinski definition) is 1. The van der Waals surface area contributed by atoms with Crippen LogP contribution in [0.1, 0.15) is 21.7 Å². The number of H-pyrrole nitrogens is 1. The Morgan fingerprint density at radius 2 is 1.94 bits per heavy atom. The number of carbonyl (C=O) groups is 1. The van der Waals surface area contributed by atoms with Crippen LogP contribution in [-0.4, -0.2) is 33.9 Å². The van der Waals surface area contributed by atoms with Crippen molar-refractivity contribution in [3.8, 4) is 16.9 Å². The van der Waals surface area contributed by atoms with Gasteiger partial charge in [-0.15, -0.1) is 0 Å². The summed E-state index contributed by atoms with van der Waals surface area (Å²) in [5, 5.41) is 0. The summed E-state index contributed by atoms with van der Waals surface area (Å²) in [7, 11) is 0. The second-order valence-corrected chi connectivity index (χ2v) is 8.82. The number of halogens is 2. The molecule has 3 aromatic carbocycles. The lowest BCUT2D eigenvalue weighted by Gasteiger charge is -2.20. The number of aromatic nitrogens is 2. The fourth-order valence-corrected chi connectivity index (χ4v) is 4.35. The highest BCUT2D eigenvalue weighted by molar-refractivity contribution is 14.1. The molecule has 5 rings (SSSR count). The third-order valence-corrected chi connectivity index (χ3v) is 6.09. The van der Waals surface area contributed by atoms with Crippen molar-refractivity contribution in [2.45, 2.75) is 13.5 Å². The van der Waals surface area contributed by atoms with Crippen LogP contribution in [0.5, 0.6) is 5.75 Å². The van der Waals surface area contributed by atoms with Gasteiger partial charge >= 0.3 is 0 Å². The molecule has 1 aliphatic rings. The maximum Gasteiger partial charge on any atom is 0.257 e. The number of benzene rings is 3. The molecule has 0 aliphatic carbocycles. The molecule has 1 N–H and O–H groups in total. The highest BCUT2D eigenvalue weighted by Gasteiger charge is 2.23. The fourth-order valence-electron chi connectivity index (χ4n) is 3.90. The summed E-state index contributed by atoms with van der Waals surface area (Å²) in [4.78, 5) is 22.4. The fraction of sp³-hybridized carbons (Fsp3) is 0.167. The van der Waals surface area contributed by atoms with Crippen molar-refractivity contribution in [2.75, 3.05) is 13.2 Å². The molecule has 0 spiro atoms. The van der Waals surface area contributed by atoms with Crippen molar-refractivity contribution in [1.29, 1.82) is 0 Å². The standard InChI is InChI=1S/C24H19FIN3O2/c1-14-27-21-6-2-16(11-22(21)28-14)15-3-7-23-17(10-15)13-29(8-9-31-23)24(30)19-5-4-18(26)12-20(19)25/h2-7,10-12H,8-9,13H2,1H3,(H,27,28). The Kier molecular flexibility index (Phi) is 5.13. The summed E-state index contributed by atoms with van der Waals surface area (Å²) in [5.41, 5.74) is 4.95. The minimum atomic E-state index is -0.501. The summed E-state index contributed by atoms with van der Waals surface area (Å²) in [6.07, 6.45) is 0. The molecule has 5 nitrogen and oxygen atoms in total. The van der Waals surface area contributed by atoms with E-state index in [0.29, 0.717) is 19.7 Å². The van der Waals surface area contributed by atoms with E-state index < -0.39 is 5.82 Å². The Morgan fingerprint density at radius 3 is 2.77 bits per heavy atom. The zero-order valence-electron chi connectivity index (χ0n) is 16.8. The number of rotatable bonds is 2. The molecule has 0 atom stereocenters. The molecule has 31 heavy (non-hydrogen) atoms. The predicted octanol–water partition coefficient (Wildman–Crippen LogP) is 5.32. The largest absolute Gasteiger partial charge is 0.491 e. The van der Waals surface area contributed by atoms with E-state index in [1.165, 1.54) is 6.07 Å². The van der Waals surface area contributed by atoms with E-state index in [-0.39, 0.29) is 11.5 Å². The molecule has 0 fully saturated rings. The molecule has 0 radical (unpaired) electrons. The van der Waals surface area contributed by atoms with Crippen LogP contribution in [0.25, 0.3) is 22.2 Å². The van der Waals surface area contributed by atoms with Gasteiger partial charge < -0.3 is 14.6 Å². The minimum absolute atomic E-state index is 0.0834.